The summed E-state index contributed by atoms with van der Waals surface area (Å²) in [5, 5.41) is 12.7. The van der Waals surface area contributed by atoms with E-state index in [0.29, 0.717) is 23.0 Å². The van der Waals surface area contributed by atoms with Crippen LogP contribution in [-0.2, 0) is 0 Å². The molecule has 0 unspecified atom stereocenters. The summed E-state index contributed by atoms with van der Waals surface area (Å²) in [6.45, 7) is 2.00. The fourth-order valence-electron chi connectivity index (χ4n) is 3.79. The molecule has 170 valence electrons. The third kappa shape index (κ3) is 3.98. The lowest BCUT2D eigenvalue weighted by atomic mass is 10.1. The fraction of sp³-hybridized carbons (Fsp3) is 0.0385. The van der Waals surface area contributed by atoms with Gasteiger partial charge < -0.3 is 9.73 Å². The number of nitrogens with zero attached hydrogens (tertiary/aromatic N) is 4. The number of hydrogen-bond acceptors (Lipinski definition) is 7. The van der Waals surface area contributed by atoms with Crippen LogP contribution in [0.5, 0.6) is 0 Å². The molecule has 6 aromatic rings. The number of aryl methyl sites for hydroxylation is 1. The van der Waals surface area contributed by atoms with Crippen LogP contribution in [0, 0.1) is 6.92 Å². The van der Waals surface area contributed by atoms with Crippen LogP contribution >= 0.6 is 11.3 Å². The van der Waals surface area contributed by atoms with Crippen LogP contribution in [0.25, 0.3) is 44.4 Å². The second kappa shape index (κ2) is 8.62. The Balaban J connectivity index is 1.22. The largest absolute Gasteiger partial charge is 0.436 e. The molecule has 6 rings (SSSR count). The maximum atomic E-state index is 12.7. The molecule has 4 heterocycles. The van der Waals surface area contributed by atoms with Crippen molar-refractivity contribution < 1.29 is 9.21 Å². The van der Waals surface area contributed by atoms with E-state index in [1.807, 2.05) is 61.5 Å². The number of nitrogens with one attached hydrogen (secondary N) is 2. The molecule has 2 aromatic carbocycles. The topological polar surface area (TPSA) is 110 Å². The zero-order chi connectivity index (χ0) is 23.8. The minimum Gasteiger partial charge on any atom is -0.436 e. The zero-order valence-electron chi connectivity index (χ0n) is 18.5. The highest BCUT2D eigenvalue weighted by molar-refractivity contribution is 7.13. The van der Waals surface area contributed by atoms with Gasteiger partial charge in [0, 0.05) is 40.8 Å². The van der Waals surface area contributed by atoms with E-state index in [0.717, 1.165) is 38.4 Å². The van der Waals surface area contributed by atoms with Crippen LogP contribution in [-0.4, -0.2) is 31.1 Å². The summed E-state index contributed by atoms with van der Waals surface area (Å²) in [7, 11) is 0. The Hall–Kier alpha value is -4.63. The standard InChI is InChI=1S/C26H18N6O2S/c1-15-3-2-4-21-22(15)31-25(34-21)19-13-28-32-23(19)16-5-7-18(8-6-16)29-24(33)20-14-35-26(30-20)17-9-11-27-12-10-17/h2-14H,1H3,(H,28,32)(H,29,33). The number of amides is 1. The third-order valence-electron chi connectivity index (χ3n) is 5.57. The maximum Gasteiger partial charge on any atom is 0.275 e. The predicted molar refractivity (Wildman–Crippen MR) is 135 cm³/mol. The van der Waals surface area contributed by atoms with E-state index in [1.54, 1.807) is 24.0 Å². The number of fused-ring (bicyclic) bond motifs is 1. The zero-order valence-corrected chi connectivity index (χ0v) is 19.3. The number of rotatable bonds is 5. The highest BCUT2D eigenvalue weighted by atomic mass is 32.1. The summed E-state index contributed by atoms with van der Waals surface area (Å²) < 4.78 is 5.98. The number of carbonyl (C=O) groups is 1. The van der Waals surface area contributed by atoms with Crippen molar-refractivity contribution in [2.75, 3.05) is 5.32 Å². The molecule has 0 aliphatic heterocycles. The first kappa shape index (κ1) is 20.9. The molecule has 0 saturated heterocycles. The van der Waals surface area contributed by atoms with E-state index in [-0.39, 0.29) is 5.91 Å². The molecule has 8 nitrogen and oxygen atoms in total. The van der Waals surface area contributed by atoms with Crippen molar-refractivity contribution in [1.82, 2.24) is 25.1 Å². The number of aromatic nitrogens is 5. The van der Waals surface area contributed by atoms with E-state index in [9.17, 15) is 4.79 Å². The molecular weight excluding hydrogens is 460 g/mol. The third-order valence-corrected chi connectivity index (χ3v) is 6.46. The Morgan fingerprint density at radius 3 is 2.63 bits per heavy atom. The van der Waals surface area contributed by atoms with Gasteiger partial charge in [0.15, 0.2) is 5.58 Å². The Morgan fingerprint density at radius 2 is 1.83 bits per heavy atom. The van der Waals surface area contributed by atoms with Gasteiger partial charge in [-0.2, -0.15) is 5.10 Å². The van der Waals surface area contributed by atoms with Gasteiger partial charge >= 0.3 is 0 Å². The monoisotopic (exact) mass is 478 g/mol. The van der Waals surface area contributed by atoms with Crippen molar-refractivity contribution in [1.29, 1.82) is 0 Å². The molecule has 9 heteroatoms. The summed E-state index contributed by atoms with van der Waals surface area (Å²) >= 11 is 1.42. The van der Waals surface area contributed by atoms with Crippen LogP contribution in [0.15, 0.2) is 83.0 Å². The average Bonchev–Trinajstić information content (AvgIpc) is 3.65. The Morgan fingerprint density at radius 1 is 1.00 bits per heavy atom. The molecule has 0 saturated carbocycles. The number of aromatic amines is 1. The maximum absolute atomic E-state index is 12.7. The second-order valence-corrected chi connectivity index (χ2v) is 8.75. The molecule has 4 aromatic heterocycles. The number of anilines is 1. The van der Waals surface area contributed by atoms with Gasteiger partial charge in [0.05, 0.1) is 5.56 Å². The van der Waals surface area contributed by atoms with E-state index in [2.05, 4.69) is 30.5 Å². The number of benzene rings is 2. The lowest BCUT2D eigenvalue weighted by molar-refractivity contribution is 0.102. The first-order chi connectivity index (χ1) is 17.2. The van der Waals surface area contributed by atoms with Gasteiger partial charge in [0.25, 0.3) is 5.91 Å². The SMILES string of the molecule is Cc1cccc2oc(-c3c[nH]nc3-c3ccc(NC(=O)c4csc(-c5ccncc5)n4)cc3)nc12. The molecule has 1 amide bonds. The van der Waals surface area contributed by atoms with Gasteiger partial charge in [0.1, 0.15) is 21.9 Å². The molecule has 0 aliphatic carbocycles. The molecule has 0 bridgehead atoms. The van der Waals surface area contributed by atoms with Crippen molar-refractivity contribution in [2.24, 2.45) is 0 Å². The minimum absolute atomic E-state index is 0.267. The number of hydrogen-bond donors (Lipinski definition) is 2. The van der Waals surface area contributed by atoms with Crippen LogP contribution in [0.1, 0.15) is 16.1 Å². The van der Waals surface area contributed by atoms with Gasteiger partial charge in [-0.05, 0) is 42.8 Å². The molecular formula is C26H18N6O2S. The number of H-pyrrole nitrogens is 1. The van der Waals surface area contributed by atoms with Crippen molar-refractivity contribution in [2.45, 2.75) is 6.92 Å². The minimum atomic E-state index is -0.267. The molecule has 0 radical (unpaired) electrons. The van der Waals surface area contributed by atoms with E-state index in [4.69, 9.17) is 4.42 Å². The van der Waals surface area contributed by atoms with Crippen LogP contribution < -0.4 is 5.32 Å². The van der Waals surface area contributed by atoms with Gasteiger partial charge in [-0.15, -0.1) is 11.3 Å². The Labute approximate surface area is 203 Å². The smallest absolute Gasteiger partial charge is 0.275 e. The number of carbonyl (C=O) groups excluding carboxylic acids is 1. The molecule has 2 N–H and O–H groups in total. The van der Waals surface area contributed by atoms with Crippen molar-refractivity contribution in [3.05, 3.63) is 89.8 Å². The average molecular weight is 479 g/mol. The highest BCUT2D eigenvalue weighted by Crippen LogP contribution is 2.33. The van der Waals surface area contributed by atoms with E-state index >= 15 is 0 Å². The molecule has 35 heavy (non-hydrogen) atoms. The highest BCUT2D eigenvalue weighted by Gasteiger charge is 2.17. The number of oxazole rings is 1. The van der Waals surface area contributed by atoms with Gasteiger partial charge in [-0.25, -0.2) is 9.97 Å². The number of pyridine rings is 1. The summed E-state index contributed by atoms with van der Waals surface area (Å²) in [4.78, 5) is 25.8. The number of para-hydroxylation sites is 1. The van der Waals surface area contributed by atoms with Gasteiger partial charge in [-0.3, -0.25) is 14.9 Å². The van der Waals surface area contributed by atoms with Crippen LogP contribution in [0.4, 0.5) is 5.69 Å². The van der Waals surface area contributed by atoms with Gasteiger partial charge in [0.2, 0.25) is 5.89 Å². The summed E-state index contributed by atoms with van der Waals surface area (Å²) in [5.41, 5.74) is 6.93. The summed E-state index contributed by atoms with van der Waals surface area (Å²) in [6.07, 6.45) is 5.18. The van der Waals surface area contributed by atoms with Crippen molar-refractivity contribution in [3.8, 4) is 33.3 Å². The van der Waals surface area contributed by atoms with Crippen molar-refractivity contribution >= 4 is 34.0 Å². The van der Waals surface area contributed by atoms with Gasteiger partial charge in [-0.1, -0.05) is 24.3 Å². The summed E-state index contributed by atoms with van der Waals surface area (Å²) in [5.74, 6) is 0.237. The van der Waals surface area contributed by atoms with Crippen molar-refractivity contribution in [3.63, 3.8) is 0 Å². The van der Waals surface area contributed by atoms with Crippen LogP contribution in [0.2, 0.25) is 0 Å². The molecule has 0 aliphatic rings. The lowest BCUT2D eigenvalue weighted by Gasteiger charge is -2.05. The lowest BCUT2D eigenvalue weighted by Crippen LogP contribution is -2.12. The molecule has 0 atom stereocenters. The first-order valence-electron chi connectivity index (χ1n) is 10.8. The van der Waals surface area contributed by atoms with E-state index in [1.165, 1.54) is 11.3 Å². The second-order valence-electron chi connectivity index (χ2n) is 7.89. The van der Waals surface area contributed by atoms with E-state index < -0.39 is 0 Å². The van der Waals surface area contributed by atoms with Crippen LogP contribution in [0.3, 0.4) is 0 Å². The summed E-state index contributed by atoms with van der Waals surface area (Å²) in [6, 6.07) is 17.0. The number of thiazole rings is 1. The normalized spacial score (nSPS) is 11.1. The Bertz CT molecular complexity index is 1650. The fourth-order valence-corrected chi connectivity index (χ4v) is 4.59. The predicted octanol–water partition coefficient (Wildman–Crippen LogP) is 5.96. The first-order valence-corrected chi connectivity index (χ1v) is 11.7. The Kier molecular flexibility index (Phi) is 5.16. The quantitative estimate of drug-likeness (QED) is 0.316. The molecule has 0 fully saturated rings. The molecule has 0 spiro atoms.